The van der Waals surface area contributed by atoms with Gasteiger partial charge in [-0.05, 0) is 34.8 Å². The third kappa shape index (κ3) is 3.68. The van der Waals surface area contributed by atoms with Crippen molar-refractivity contribution in [3.05, 3.63) is 34.4 Å². The molecule has 1 aromatic heterocycles. The largest absolute Gasteiger partial charge is 0.481 e. The lowest BCUT2D eigenvalue weighted by Gasteiger charge is -2.12. The second-order valence-electron chi connectivity index (χ2n) is 5.51. The number of benzene rings is 1. The van der Waals surface area contributed by atoms with Gasteiger partial charge in [-0.15, -0.1) is 0 Å². The standard InChI is InChI=1S/C16H19BrN2O3/c1-10(7-15(21)22)8-18-14(20)9-19-11(2)16(17)12-5-3-4-6-13(12)19/h3-6,10H,7-9H2,1-2H3,(H,18,20)(H,21,22). The van der Waals surface area contributed by atoms with Gasteiger partial charge < -0.3 is 15.0 Å². The minimum atomic E-state index is -0.849. The summed E-state index contributed by atoms with van der Waals surface area (Å²) >= 11 is 3.56. The molecule has 0 spiro atoms. The van der Waals surface area contributed by atoms with Crippen LogP contribution in [0.2, 0.25) is 0 Å². The van der Waals surface area contributed by atoms with Gasteiger partial charge in [0.2, 0.25) is 5.91 Å². The van der Waals surface area contributed by atoms with E-state index in [4.69, 9.17) is 5.11 Å². The molecule has 0 aliphatic carbocycles. The zero-order chi connectivity index (χ0) is 16.3. The average molecular weight is 367 g/mol. The summed E-state index contributed by atoms with van der Waals surface area (Å²) in [5.74, 6) is -1.05. The Morgan fingerprint density at radius 3 is 2.73 bits per heavy atom. The quantitative estimate of drug-likeness (QED) is 0.825. The normalized spacial score (nSPS) is 12.3. The number of carbonyl (C=O) groups excluding carboxylic acids is 1. The van der Waals surface area contributed by atoms with E-state index >= 15 is 0 Å². The van der Waals surface area contributed by atoms with Crippen molar-refractivity contribution >= 4 is 38.7 Å². The van der Waals surface area contributed by atoms with Gasteiger partial charge >= 0.3 is 5.97 Å². The molecule has 1 aromatic carbocycles. The molecule has 118 valence electrons. The summed E-state index contributed by atoms with van der Waals surface area (Å²) in [7, 11) is 0. The van der Waals surface area contributed by atoms with E-state index in [9.17, 15) is 9.59 Å². The highest BCUT2D eigenvalue weighted by Crippen LogP contribution is 2.30. The number of halogens is 1. The molecule has 1 unspecified atom stereocenters. The van der Waals surface area contributed by atoms with Crippen molar-refractivity contribution in [3.8, 4) is 0 Å². The summed E-state index contributed by atoms with van der Waals surface area (Å²) in [6, 6.07) is 7.89. The summed E-state index contributed by atoms with van der Waals surface area (Å²) in [4.78, 5) is 22.7. The molecule has 6 heteroatoms. The Balaban J connectivity index is 2.06. The number of amides is 1. The fraction of sp³-hybridized carbons (Fsp3) is 0.375. The first-order chi connectivity index (χ1) is 10.4. The molecule has 2 rings (SSSR count). The molecule has 1 amide bonds. The Hall–Kier alpha value is -1.82. The molecule has 0 saturated heterocycles. The first-order valence-electron chi connectivity index (χ1n) is 7.12. The zero-order valence-corrected chi connectivity index (χ0v) is 14.2. The first-order valence-corrected chi connectivity index (χ1v) is 7.91. The highest BCUT2D eigenvalue weighted by atomic mass is 79.9. The number of carboxylic acid groups (broad SMARTS) is 1. The summed E-state index contributed by atoms with van der Waals surface area (Å²) in [6.07, 6.45) is 0.0529. The predicted molar refractivity (Wildman–Crippen MR) is 88.8 cm³/mol. The van der Waals surface area contributed by atoms with Crippen LogP contribution in [-0.4, -0.2) is 28.1 Å². The van der Waals surface area contributed by atoms with Gasteiger partial charge in [0.25, 0.3) is 0 Å². The summed E-state index contributed by atoms with van der Waals surface area (Å²) < 4.78 is 2.95. The number of carbonyl (C=O) groups is 2. The minimum absolute atomic E-state index is 0.0529. The van der Waals surface area contributed by atoms with Crippen LogP contribution in [0, 0.1) is 12.8 Å². The summed E-state index contributed by atoms with van der Waals surface area (Å²) in [5, 5.41) is 12.6. The second kappa shape index (κ2) is 6.96. The van der Waals surface area contributed by atoms with Crippen LogP contribution in [0.3, 0.4) is 0 Å². The molecule has 1 heterocycles. The topological polar surface area (TPSA) is 71.3 Å². The maximum Gasteiger partial charge on any atom is 0.303 e. The Morgan fingerprint density at radius 1 is 1.36 bits per heavy atom. The number of carboxylic acids is 1. The Labute approximate surface area is 137 Å². The average Bonchev–Trinajstić information content (AvgIpc) is 2.70. The molecule has 0 radical (unpaired) electrons. The lowest BCUT2D eigenvalue weighted by Crippen LogP contribution is -2.32. The molecule has 1 atom stereocenters. The zero-order valence-electron chi connectivity index (χ0n) is 12.6. The molecule has 2 N–H and O–H groups in total. The molecule has 0 bridgehead atoms. The van der Waals surface area contributed by atoms with Crippen molar-refractivity contribution in [2.75, 3.05) is 6.54 Å². The highest BCUT2D eigenvalue weighted by Gasteiger charge is 2.15. The van der Waals surface area contributed by atoms with Crippen molar-refractivity contribution in [1.82, 2.24) is 9.88 Å². The second-order valence-corrected chi connectivity index (χ2v) is 6.30. The first kappa shape index (κ1) is 16.5. The van der Waals surface area contributed by atoms with E-state index in [0.717, 1.165) is 21.1 Å². The summed E-state index contributed by atoms with van der Waals surface area (Å²) in [6.45, 7) is 4.36. The molecule has 0 aliphatic rings. The molecule has 0 fully saturated rings. The Bertz CT molecular complexity index is 709. The highest BCUT2D eigenvalue weighted by molar-refractivity contribution is 9.10. The van der Waals surface area contributed by atoms with E-state index in [1.165, 1.54) is 0 Å². The number of rotatable bonds is 6. The predicted octanol–water partition coefficient (Wildman–Crippen LogP) is 2.94. The molecular weight excluding hydrogens is 348 g/mol. The maximum absolute atomic E-state index is 12.1. The lowest BCUT2D eigenvalue weighted by molar-refractivity contribution is -0.138. The molecule has 2 aromatic rings. The van der Waals surface area contributed by atoms with Crippen molar-refractivity contribution in [2.45, 2.75) is 26.8 Å². The number of aromatic nitrogens is 1. The Morgan fingerprint density at radius 2 is 2.05 bits per heavy atom. The van der Waals surface area contributed by atoms with Crippen LogP contribution >= 0.6 is 15.9 Å². The van der Waals surface area contributed by atoms with Gasteiger partial charge in [-0.3, -0.25) is 9.59 Å². The number of aliphatic carboxylic acids is 1. The van der Waals surface area contributed by atoms with E-state index in [0.29, 0.717) is 6.54 Å². The van der Waals surface area contributed by atoms with Crippen molar-refractivity contribution in [2.24, 2.45) is 5.92 Å². The van der Waals surface area contributed by atoms with Gasteiger partial charge in [0.1, 0.15) is 6.54 Å². The van der Waals surface area contributed by atoms with Gasteiger partial charge in [-0.2, -0.15) is 0 Å². The van der Waals surface area contributed by atoms with Crippen LogP contribution in [0.1, 0.15) is 19.0 Å². The van der Waals surface area contributed by atoms with Gasteiger partial charge in [-0.25, -0.2) is 0 Å². The van der Waals surface area contributed by atoms with Crippen molar-refractivity contribution < 1.29 is 14.7 Å². The van der Waals surface area contributed by atoms with Crippen LogP contribution in [0.25, 0.3) is 10.9 Å². The monoisotopic (exact) mass is 366 g/mol. The van der Waals surface area contributed by atoms with Crippen molar-refractivity contribution in [3.63, 3.8) is 0 Å². The smallest absolute Gasteiger partial charge is 0.303 e. The van der Waals surface area contributed by atoms with Crippen LogP contribution in [0.4, 0.5) is 0 Å². The third-order valence-corrected chi connectivity index (χ3v) is 4.63. The number of fused-ring (bicyclic) bond motifs is 1. The number of hydrogen-bond acceptors (Lipinski definition) is 2. The SMILES string of the molecule is Cc1c(Br)c2ccccc2n1CC(=O)NCC(C)CC(=O)O. The van der Waals surface area contributed by atoms with Crippen LogP contribution in [0.5, 0.6) is 0 Å². The molecule has 0 saturated carbocycles. The number of nitrogens with zero attached hydrogens (tertiary/aromatic N) is 1. The molecular formula is C16H19BrN2O3. The number of nitrogens with one attached hydrogen (secondary N) is 1. The number of hydrogen-bond donors (Lipinski definition) is 2. The minimum Gasteiger partial charge on any atom is -0.481 e. The van der Waals surface area contributed by atoms with Gasteiger partial charge in [0.15, 0.2) is 0 Å². The maximum atomic E-state index is 12.1. The van der Waals surface area contributed by atoms with E-state index in [1.807, 2.05) is 35.8 Å². The third-order valence-electron chi connectivity index (χ3n) is 3.63. The fourth-order valence-electron chi connectivity index (χ4n) is 2.45. The van der Waals surface area contributed by atoms with Gasteiger partial charge in [0, 0.05) is 34.0 Å². The fourth-order valence-corrected chi connectivity index (χ4v) is 3.00. The van der Waals surface area contributed by atoms with Gasteiger partial charge in [0.05, 0.1) is 0 Å². The van der Waals surface area contributed by atoms with E-state index in [-0.39, 0.29) is 24.8 Å². The van der Waals surface area contributed by atoms with E-state index in [2.05, 4.69) is 21.2 Å². The van der Waals surface area contributed by atoms with Gasteiger partial charge in [-0.1, -0.05) is 25.1 Å². The molecule has 5 nitrogen and oxygen atoms in total. The van der Waals surface area contributed by atoms with E-state index in [1.54, 1.807) is 6.92 Å². The van der Waals surface area contributed by atoms with Crippen LogP contribution in [-0.2, 0) is 16.1 Å². The number of para-hydroxylation sites is 1. The summed E-state index contributed by atoms with van der Waals surface area (Å²) in [5.41, 5.74) is 2.00. The lowest BCUT2D eigenvalue weighted by atomic mass is 10.1. The van der Waals surface area contributed by atoms with Crippen molar-refractivity contribution in [1.29, 1.82) is 0 Å². The van der Waals surface area contributed by atoms with E-state index < -0.39 is 5.97 Å². The van der Waals surface area contributed by atoms with Crippen LogP contribution < -0.4 is 5.32 Å². The molecule has 22 heavy (non-hydrogen) atoms. The van der Waals surface area contributed by atoms with Crippen LogP contribution in [0.15, 0.2) is 28.7 Å². The molecule has 0 aliphatic heterocycles. The Kier molecular flexibility index (Phi) is 5.24.